The Morgan fingerprint density at radius 2 is 0.417 bits per heavy atom. The molecule has 6 saturated carbocycles. The van der Waals surface area contributed by atoms with Crippen molar-refractivity contribution in [2.45, 2.75) is 479 Å². The summed E-state index contributed by atoms with van der Waals surface area (Å²) in [6, 6.07) is 0. The van der Waals surface area contributed by atoms with E-state index in [9.17, 15) is 57.5 Å². The third-order valence-corrected chi connectivity index (χ3v) is 28.9. The van der Waals surface area contributed by atoms with Crippen molar-refractivity contribution in [2.75, 3.05) is 39.6 Å². The van der Waals surface area contributed by atoms with E-state index in [4.69, 9.17) is 56.8 Å². The van der Waals surface area contributed by atoms with Crippen LogP contribution in [0.15, 0.2) is 0 Å². The highest BCUT2D eigenvalue weighted by Gasteiger charge is 2.45. The van der Waals surface area contributed by atoms with Gasteiger partial charge in [-0.25, -0.2) is 24.0 Å². The highest BCUT2D eigenvalue weighted by molar-refractivity contribution is 5.83. The molecular weight excluding hydrogens is 1620 g/mol. The monoisotopic (exact) mass is 1800 g/mol. The molecule has 6 aliphatic rings. The summed E-state index contributed by atoms with van der Waals surface area (Å²) in [4.78, 5) is 143. The molecule has 0 aromatic carbocycles. The Morgan fingerprint density at radius 1 is 0.213 bits per heavy atom. The van der Waals surface area contributed by atoms with Crippen molar-refractivity contribution in [3.63, 3.8) is 0 Å². The molecule has 6 fully saturated rings. The Balaban J connectivity index is 0.000000763. The molecule has 0 heterocycles. The lowest BCUT2D eigenvalue weighted by atomic mass is 9.74. The molecule has 0 aliphatic heterocycles. The third-order valence-electron chi connectivity index (χ3n) is 28.9. The smallest absolute Gasteiger partial charge is 0.344 e. The van der Waals surface area contributed by atoms with E-state index in [1.807, 2.05) is 180 Å². The Morgan fingerprint density at radius 3 is 0.654 bits per heavy atom. The van der Waals surface area contributed by atoms with E-state index in [0.29, 0.717) is 80.5 Å². The molecule has 0 N–H and O–H groups in total. The van der Waals surface area contributed by atoms with Crippen molar-refractivity contribution >= 4 is 71.6 Å². The zero-order valence-electron chi connectivity index (χ0n) is 85.7. The summed E-state index contributed by atoms with van der Waals surface area (Å²) in [5.41, 5.74) is -5.86. The summed E-state index contributed by atoms with van der Waals surface area (Å²) in [5.74, 6) is -1.79. The number of hydrogen-bond acceptors (Lipinski definition) is 24. The average molecular weight is 1800 g/mol. The van der Waals surface area contributed by atoms with E-state index in [1.54, 1.807) is 13.8 Å². The van der Waals surface area contributed by atoms with E-state index in [-0.39, 0.29) is 81.4 Å². The van der Waals surface area contributed by atoms with Crippen molar-refractivity contribution < 1.29 is 114 Å². The first-order chi connectivity index (χ1) is 58.8. The summed E-state index contributed by atoms with van der Waals surface area (Å²) < 4.78 is 64.3. The van der Waals surface area contributed by atoms with Crippen LogP contribution in [-0.2, 0) is 114 Å². The topological polar surface area (TPSA) is 316 Å². The van der Waals surface area contributed by atoms with E-state index in [0.717, 1.165) is 103 Å². The predicted molar refractivity (Wildman–Crippen MR) is 495 cm³/mol. The van der Waals surface area contributed by atoms with Crippen molar-refractivity contribution in [1.29, 1.82) is 0 Å². The molecule has 127 heavy (non-hydrogen) atoms. The SMILES string of the molecule is CCC(C)(C)C(=O)OCC(=O)OC(C)(C)C1CC1.CCC(C)(C)C(=O)OCC(=O)OC(C)(C)C1CCCC1.CCC(C)(C)C(=O)OCC(=O)OC(C)(C)C1CCCCC1.CCC(C)(C)C(=O)OCC(=O)OC(C)(CC)C1CCCCC1.CCC(C)(C)C(=O)OCC(=O)OC(CC)(CC)C1CCCCC1.CCC(C)(C)C(=O)OCCCC(=O)OC(C)(C)C1CCCCC1. The third kappa shape index (κ3) is 42.8. The molecule has 0 aromatic rings. The minimum atomic E-state index is -0.559. The molecule has 24 heteroatoms. The second-order valence-corrected chi connectivity index (χ2v) is 42.8. The molecule has 0 bridgehead atoms. The molecule has 0 spiro atoms. The van der Waals surface area contributed by atoms with Crippen LogP contribution in [0.2, 0.25) is 0 Å². The van der Waals surface area contributed by atoms with Gasteiger partial charge in [-0.05, 0) is 322 Å². The molecule has 0 radical (unpaired) electrons. The fourth-order valence-electron chi connectivity index (χ4n) is 16.1. The molecule has 0 amide bonds. The van der Waals surface area contributed by atoms with E-state index < -0.39 is 95.9 Å². The van der Waals surface area contributed by atoms with Crippen LogP contribution in [-0.4, -0.2) is 145 Å². The van der Waals surface area contributed by atoms with Gasteiger partial charge in [0.05, 0.1) is 39.1 Å². The quantitative estimate of drug-likeness (QED) is 0.0312. The lowest BCUT2D eigenvalue weighted by Gasteiger charge is -2.41. The summed E-state index contributed by atoms with van der Waals surface area (Å²) in [6.45, 7) is 56.1. The van der Waals surface area contributed by atoms with Crippen LogP contribution in [0.1, 0.15) is 445 Å². The normalized spacial score (nSPS) is 17.3. The molecule has 1 unspecified atom stereocenters. The van der Waals surface area contributed by atoms with Crippen LogP contribution in [0.5, 0.6) is 0 Å². The summed E-state index contributed by atoms with van der Waals surface area (Å²) in [7, 11) is 0. The first kappa shape index (κ1) is 119. The fourth-order valence-corrected chi connectivity index (χ4v) is 16.1. The lowest BCUT2D eigenvalue weighted by molar-refractivity contribution is -0.180. The predicted octanol–water partition coefficient (Wildman–Crippen LogP) is 23.6. The Hall–Kier alpha value is -6.36. The standard InChI is InChI=1S/2C19H34O4.C18H32O4.C17H30O4.C16H28O4.C14H24O4/c1-6-18(2,3)17(21)22-14-10-13-16(20)23-19(4,5)15-11-8-7-9-12-15;1-6-18(4,5)17(21)22-14-16(20)23-19(7-2,8-3)15-12-10-9-11-13-15;1-6-17(3,4)16(20)21-13-15(19)22-18(5,7-2)14-11-9-8-10-12-14;1-6-16(2,3)15(19)20-12-14(18)21-17(4,5)13-10-8-7-9-11-13;1-6-15(2,3)14(18)19-11-13(17)20-16(4,5)12-9-7-8-10-12;1-6-13(2,3)12(16)17-9-11(15)18-14(4,5)10-7-8-10/h2*15H,6-14H2,1-5H3;14H,6-13H2,1-5H3;13H,6-12H2,1-5H3;12H,6-11H2,1-5H3;10H,6-9H2,1-5H3. The number of esters is 12. The molecular formula is C103H182O24. The first-order valence-electron chi connectivity index (χ1n) is 49.2. The van der Waals surface area contributed by atoms with Gasteiger partial charge in [0.1, 0.15) is 33.6 Å². The molecule has 24 nitrogen and oxygen atoms in total. The lowest BCUT2D eigenvalue weighted by Crippen LogP contribution is -2.43. The van der Waals surface area contributed by atoms with E-state index in [2.05, 4.69) is 13.8 Å². The number of carbonyl (C=O) groups is 12. The van der Waals surface area contributed by atoms with Crippen molar-refractivity contribution in [3.05, 3.63) is 0 Å². The summed E-state index contributed by atoms with van der Waals surface area (Å²) >= 11 is 0. The van der Waals surface area contributed by atoms with Gasteiger partial charge in [0.2, 0.25) is 0 Å². The Kier molecular flexibility index (Phi) is 51.6. The average Bonchev–Trinajstić information content (AvgIpc) is 1.57. The maximum atomic E-state index is 12.2. The maximum absolute atomic E-state index is 12.2. The first-order valence-corrected chi connectivity index (χ1v) is 49.2. The van der Waals surface area contributed by atoms with Gasteiger partial charge in [-0.15, -0.1) is 0 Å². The van der Waals surface area contributed by atoms with Gasteiger partial charge in [0.25, 0.3) is 0 Å². The minimum Gasteiger partial charge on any atom is -0.465 e. The van der Waals surface area contributed by atoms with Crippen LogP contribution in [0.25, 0.3) is 0 Å². The zero-order valence-corrected chi connectivity index (χ0v) is 85.7. The molecule has 0 saturated heterocycles. The second-order valence-electron chi connectivity index (χ2n) is 42.8. The highest BCUT2D eigenvalue weighted by Crippen LogP contribution is 2.44. The number of ether oxygens (including phenoxy) is 12. The largest absolute Gasteiger partial charge is 0.465 e. The molecule has 6 aliphatic carbocycles. The maximum Gasteiger partial charge on any atom is 0.344 e. The van der Waals surface area contributed by atoms with Crippen molar-refractivity contribution in [2.24, 2.45) is 68.0 Å². The summed E-state index contributed by atoms with van der Waals surface area (Å²) in [5, 5.41) is 0. The minimum absolute atomic E-state index is 0.189. The molecule has 1 atom stereocenters. The van der Waals surface area contributed by atoms with Crippen LogP contribution in [0, 0.1) is 68.0 Å². The zero-order chi connectivity index (χ0) is 97.3. The van der Waals surface area contributed by atoms with Crippen LogP contribution < -0.4 is 0 Å². The van der Waals surface area contributed by atoms with Gasteiger partial charge < -0.3 is 56.8 Å². The molecule has 0 aromatic heterocycles. The number of hydrogen-bond donors (Lipinski definition) is 0. The number of carbonyl (C=O) groups excluding carboxylic acids is 12. The van der Waals surface area contributed by atoms with Gasteiger partial charge in [0.15, 0.2) is 33.0 Å². The second kappa shape index (κ2) is 55.2. The Labute approximate surface area is 768 Å². The van der Waals surface area contributed by atoms with Gasteiger partial charge >= 0.3 is 71.6 Å². The highest BCUT2D eigenvalue weighted by atomic mass is 16.6. The van der Waals surface area contributed by atoms with E-state index in [1.165, 1.54) is 89.9 Å². The van der Waals surface area contributed by atoms with E-state index >= 15 is 0 Å². The van der Waals surface area contributed by atoms with Crippen molar-refractivity contribution in [1.82, 2.24) is 0 Å². The van der Waals surface area contributed by atoms with Gasteiger partial charge in [-0.1, -0.05) is 152 Å². The van der Waals surface area contributed by atoms with Crippen molar-refractivity contribution in [3.8, 4) is 0 Å². The fraction of sp³-hybridized carbons (Fsp3) is 0.883. The Bertz CT molecular complexity index is 3330. The van der Waals surface area contributed by atoms with Crippen LogP contribution in [0.4, 0.5) is 0 Å². The van der Waals surface area contributed by atoms with Gasteiger partial charge in [-0.3, -0.25) is 33.6 Å². The number of rotatable bonds is 41. The van der Waals surface area contributed by atoms with Crippen LogP contribution >= 0.6 is 0 Å². The molecule has 738 valence electrons. The van der Waals surface area contributed by atoms with Gasteiger partial charge in [-0.2, -0.15) is 0 Å². The summed E-state index contributed by atoms with van der Waals surface area (Å²) in [6.07, 6.45) is 37.9. The van der Waals surface area contributed by atoms with Crippen LogP contribution in [0.3, 0.4) is 0 Å². The van der Waals surface area contributed by atoms with Gasteiger partial charge in [0, 0.05) is 6.42 Å². The molecule has 6 rings (SSSR count).